The van der Waals surface area contributed by atoms with Crippen molar-refractivity contribution >= 4 is 5.97 Å². The number of esters is 1. The maximum atomic E-state index is 13.9. The quantitative estimate of drug-likeness (QED) is 0.126. The van der Waals surface area contributed by atoms with Gasteiger partial charge in [-0.3, -0.25) is 4.79 Å². The molecule has 0 aromatic rings. The predicted octanol–water partition coefficient (Wildman–Crippen LogP) is 9.51. The first-order valence-corrected chi connectivity index (χ1v) is 12.2. The van der Waals surface area contributed by atoms with Gasteiger partial charge in [0.2, 0.25) is 0 Å². The van der Waals surface area contributed by atoms with Crippen LogP contribution in [0.15, 0.2) is 0 Å². The fourth-order valence-corrected chi connectivity index (χ4v) is 4.15. The van der Waals surface area contributed by atoms with E-state index in [1.165, 1.54) is 0 Å². The summed E-state index contributed by atoms with van der Waals surface area (Å²) in [5, 5.41) is 0. The third-order valence-electron chi connectivity index (χ3n) is 7.23. The van der Waals surface area contributed by atoms with Gasteiger partial charge in [-0.25, -0.2) is 8.78 Å². The number of carbonyl (C=O) groups excluding carboxylic acids is 1. The lowest BCUT2D eigenvalue weighted by Crippen LogP contribution is -2.76. The lowest BCUT2D eigenvalue weighted by atomic mass is 9.79. The Balaban J connectivity index is 3.26. The molecule has 0 amide bonds. The van der Waals surface area contributed by atoms with Crippen LogP contribution in [0, 0.1) is 11.8 Å². The van der Waals surface area contributed by atoms with Gasteiger partial charge in [-0.15, -0.1) is 0 Å². The van der Waals surface area contributed by atoms with Crippen molar-refractivity contribution in [1.82, 2.24) is 0 Å². The highest BCUT2D eigenvalue weighted by atomic mass is 19.4. The van der Waals surface area contributed by atoms with Crippen LogP contribution in [0.1, 0.15) is 51.9 Å². The smallest absolute Gasteiger partial charge is 0.385 e. The van der Waals surface area contributed by atoms with E-state index in [-0.39, 0.29) is 12.3 Å². The maximum absolute atomic E-state index is 13.9. The van der Waals surface area contributed by atoms with E-state index in [0.29, 0.717) is 31.6 Å². The molecule has 0 heterocycles. The van der Waals surface area contributed by atoms with E-state index < -0.39 is 78.7 Å². The summed E-state index contributed by atoms with van der Waals surface area (Å²) < 4.78 is 273. The van der Waals surface area contributed by atoms with Crippen LogP contribution in [-0.2, 0) is 9.53 Å². The maximum Gasteiger partial charge on any atom is 0.385 e. The van der Waals surface area contributed by atoms with E-state index in [1.54, 1.807) is 0 Å². The number of ether oxygens (including phenoxy) is 1. The molecule has 0 N–H and O–H groups in total. The second-order valence-electron chi connectivity index (χ2n) is 10.1. The molecular formula is C22H22F20O2. The third-order valence-corrected chi connectivity index (χ3v) is 7.23. The molecule has 1 aliphatic rings. The fraction of sp³-hybridized carbons (Fsp3) is 0.955. The van der Waals surface area contributed by atoms with Gasteiger partial charge in [0.05, 0.1) is 0 Å². The van der Waals surface area contributed by atoms with Gasteiger partial charge in [0.25, 0.3) is 0 Å². The Kier molecular flexibility index (Phi) is 11.3. The van der Waals surface area contributed by atoms with Crippen LogP contribution < -0.4 is 0 Å². The van der Waals surface area contributed by atoms with Crippen LogP contribution in [0.25, 0.3) is 0 Å². The summed E-state index contributed by atoms with van der Waals surface area (Å²) in [6.45, 7) is -1.43. The molecule has 262 valence electrons. The summed E-state index contributed by atoms with van der Waals surface area (Å²) in [5.74, 6) is -77.4. The molecule has 0 atom stereocenters. The van der Waals surface area contributed by atoms with Gasteiger partial charge >= 0.3 is 65.7 Å². The molecule has 0 bridgehead atoms. The highest BCUT2D eigenvalue weighted by Gasteiger charge is 2.96. The molecule has 0 aliphatic heterocycles. The standard InChI is InChI=1S/C22H22F20O2/c1-2-10-3-5-11(6-4-10)7-8-12(43)44-9-14(25,26)16(29,30)18(33,34)20(37,38)22(41,42)21(39,40)19(35,36)17(31,32)15(27,28)13(23)24/h10-11,13H,2-9H2,1H3/t10-,11-. The van der Waals surface area contributed by atoms with Gasteiger partial charge in [0.15, 0.2) is 6.61 Å². The number of hydrogen-bond donors (Lipinski definition) is 0. The highest BCUT2D eigenvalue weighted by Crippen LogP contribution is 2.65. The van der Waals surface area contributed by atoms with Crippen LogP contribution in [-0.4, -0.2) is 72.3 Å². The molecule has 44 heavy (non-hydrogen) atoms. The van der Waals surface area contributed by atoms with Gasteiger partial charge in [-0.05, 0) is 18.3 Å². The molecule has 1 fully saturated rings. The average molecular weight is 698 g/mol. The molecule has 0 unspecified atom stereocenters. The lowest BCUT2D eigenvalue weighted by Gasteiger charge is -2.44. The number of alkyl halides is 20. The molecule has 22 heteroatoms. The Morgan fingerprint density at radius 1 is 0.591 bits per heavy atom. The van der Waals surface area contributed by atoms with Crippen molar-refractivity contribution in [3.63, 3.8) is 0 Å². The normalized spacial score (nSPS) is 20.7. The van der Waals surface area contributed by atoms with Crippen molar-refractivity contribution < 1.29 is 97.3 Å². The van der Waals surface area contributed by atoms with E-state index in [9.17, 15) is 92.6 Å². The Morgan fingerprint density at radius 3 is 1.30 bits per heavy atom. The number of hydrogen-bond acceptors (Lipinski definition) is 2. The molecule has 1 aliphatic carbocycles. The van der Waals surface area contributed by atoms with E-state index in [4.69, 9.17) is 0 Å². The summed E-state index contributed by atoms with van der Waals surface area (Å²) in [6.07, 6.45) is -3.86. The molecule has 0 aromatic heterocycles. The molecule has 1 saturated carbocycles. The second-order valence-corrected chi connectivity index (χ2v) is 10.1. The number of carbonyl (C=O) groups is 1. The van der Waals surface area contributed by atoms with Gasteiger partial charge in [-0.2, -0.15) is 79.0 Å². The van der Waals surface area contributed by atoms with Crippen molar-refractivity contribution in [1.29, 1.82) is 0 Å². The van der Waals surface area contributed by atoms with E-state index >= 15 is 0 Å². The Hall–Kier alpha value is -1.93. The summed E-state index contributed by atoms with van der Waals surface area (Å²) in [4.78, 5) is 11.6. The van der Waals surface area contributed by atoms with Crippen LogP contribution in [0.5, 0.6) is 0 Å². The number of halogens is 20. The summed E-state index contributed by atoms with van der Waals surface area (Å²) in [6, 6.07) is 0. The Labute approximate surface area is 234 Å². The molecule has 0 spiro atoms. The first kappa shape index (κ1) is 40.1. The summed E-state index contributed by atoms with van der Waals surface area (Å²) in [7, 11) is 0. The monoisotopic (exact) mass is 698 g/mol. The zero-order valence-corrected chi connectivity index (χ0v) is 21.8. The SMILES string of the molecule is CC[C@H]1CC[C@H](CCC(=O)OCC(F)(F)C(F)(F)C(F)(F)C(F)(F)C(F)(F)C(F)(F)C(F)(F)C(F)(F)C(F)(F)C(F)F)CC1. The van der Waals surface area contributed by atoms with E-state index in [0.717, 1.165) is 6.42 Å². The fourth-order valence-electron chi connectivity index (χ4n) is 4.15. The second kappa shape index (κ2) is 12.4. The largest absolute Gasteiger partial charge is 0.459 e. The van der Waals surface area contributed by atoms with Gasteiger partial charge in [0, 0.05) is 6.42 Å². The first-order chi connectivity index (χ1) is 19.3. The predicted molar refractivity (Wildman–Crippen MR) is 106 cm³/mol. The topological polar surface area (TPSA) is 26.3 Å². The minimum Gasteiger partial charge on any atom is -0.459 e. The van der Waals surface area contributed by atoms with Crippen molar-refractivity contribution in [3.8, 4) is 0 Å². The van der Waals surface area contributed by atoms with Crippen LogP contribution in [0.2, 0.25) is 0 Å². The highest BCUT2D eigenvalue weighted by molar-refractivity contribution is 5.69. The van der Waals surface area contributed by atoms with Gasteiger partial charge in [-0.1, -0.05) is 39.0 Å². The Bertz CT molecular complexity index is 984. The molecule has 0 radical (unpaired) electrons. The first-order valence-electron chi connectivity index (χ1n) is 12.2. The zero-order chi connectivity index (χ0) is 35.2. The van der Waals surface area contributed by atoms with Crippen molar-refractivity contribution in [2.45, 2.75) is 112 Å². The van der Waals surface area contributed by atoms with Gasteiger partial charge < -0.3 is 4.74 Å². The summed E-state index contributed by atoms with van der Waals surface area (Å²) in [5.41, 5.74) is 0. The average Bonchev–Trinajstić information content (AvgIpc) is 2.89. The van der Waals surface area contributed by atoms with Crippen LogP contribution >= 0.6 is 0 Å². The molecule has 0 aromatic carbocycles. The van der Waals surface area contributed by atoms with Crippen molar-refractivity contribution in [2.75, 3.05) is 6.61 Å². The zero-order valence-electron chi connectivity index (χ0n) is 21.8. The van der Waals surface area contributed by atoms with E-state index in [1.807, 2.05) is 6.92 Å². The molecule has 2 nitrogen and oxygen atoms in total. The number of rotatable bonds is 15. The van der Waals surface area contributed by atoms with Crippen LogP contribution in [0.4, 0.5) is 87.8 Å². The minimum atomic E-state index is -9.07. The van der Waals surface area contributed by atoms with E-state index in [2.05, 4.69) is 4.74 Å². The van der Waals surface area contributed by atoms with Crippen molar-refractivity contribution in [2.24, 2.45) is 11.8 Å². The molecule has 1 rings (SSSR count). The Morgan fingerprint density at radius 2 is 0.932 bits per heavy atom. The van der Waals surface area contributed by atoms with Crippen molar-refractivity contribution in [3.05, 3.63) is 0 Å². The molecular weight excluding hydrogens is 676 g/mol. The summed E-state index contributed by atoms with van der Waals surface area (Å²) >= 11 is 0. The third kappa shape index (κ3) is 6.23. The van der Waals surface area contributed by atoms with Gasteiger partial charge in [0.1, 0.15) is 0 Å². The lowest BCUT2D eigenvalue weighted by molar-refractivity contribution is -0.465. The minimum absolute atomic E-state index is 0.129. The molecule has 0 saturated heterocycles. The van der Waals surface area contributed by atoms with Crippen LogP contribution in [0.3, 0.4) is 0 Å².